The summed E-state index contributed by atoms with van der Waals surface area (Å²) in [7, 11) is 2.85. The van der Waals surface area contributed by atoms with E-state index in [2.05, 4.69) is 15.2 Å². The Hall–Kier alpha value is -2.67. The molecule has 1 saturated heterocycles. The number of ether oxygens (including phenoxy) is 2. The van der Waals surface area contributed by atoms with Crippen molar-refractivity contribution in [2.75, 3.05) is 27.3 Å². The molecule has 1 aliphatic rings. The Morgan fingerprint density at radius 2 is 2.00 bits per heavy atom. The number of pyridine rings is 1. The van der Waals surface area contributed by atoms with Crippen LogP contribution in [0.15, 0.2) is 36.5 Å². The normalized spacial score (nSPS) is 15.4. The summed E-state index contributed by atoms with van der Waals surface area (Å²) in [5.74, 6) is -0.666. The van der Waals surface area contributed by atoms with E-state index < -0.39 is 11.7 Å². The molecule has 0 bridgehead atoms. The lowest BCUT2D eigenvalue weighted by Gasteiger charge is -2.32. The van der Waals surface area contributed by atoms with Crippen molar-refractivity contribution >= 4 is 5.91 Å². The van der Waals surface area contributed by atoms with Crippen LogP contribution in [0.1, 0.15) is 28.9 Å². The van der Waals surface area contributed by atoms with Crippen LogP contribution >= 0.6 is 0 Å². The van der Waals surface area contributed by atoms with Crippen LogP contribution < -0.4 is 14.8 Å². The van der Waals surface area contributed by atoms with Gasteiger partial charge < -0.3 is 14.8 Å². The van der Waals surface area contributed by atoms with E-state index in [0.717, 1.165) is 38.2 Å². The van der Waals surface area contributed by atoms with Gasteiger partial charge in [0.25, 0.3) is 5.91 Å². The minimum atomic E-state index is -0.627. The third-order valence-electron chi connectivity index (χ3n) is 4.76. The van der Waals surface area contributed by atoms with Gasteiger partial charge in [-0.05, 0) is 37.1 Å². The summed E-state index contributed by atoms with van der Waals surface area (Å²) in [6.07, 6.45) is 3.39. The molecule has 0 aliphatic carbocycles. The average Bonchev–Trinajstić information content (AvgIpc) is 2.69. The highest BCUT2D eigenvalue weighted by molar-refractivity contribution is 5.98. The van der Waals surface area contributed by atoms with Crippen LogP contribution in [-0.2, 0) is 6.54 Å². The van der Waals surface area contributed by atoms with E-state index in [4.69, 9.17) is 9.47 Å². The number of piperidine rings is 1. The molecule has 1 aromatic carbocycles. The summed E-state index contributed by atoms with van der Waals surface area (Å²) in [5.41, 5.74) is 0.913. The Morgan fingerprint density at radius 3 is 2.63 bits per heavy atom. The van der Waals surface area contributed by atoms with Gasteiger partial charge in [0.15, 0.2) is 11.5 Å². The first kappa shape index (κ1) is 19.1. The van der Waals surface area contributed by atoms with E-state index in [1.807, 2.05) is 18.2 Å². The fraction of sp³-hybridized carbons (Fsp3) is 0.400. The lowest BCUT2D eigenvalue weighted by Crippen LogP contribution is -2.44. The maximum atomic E-state index is 14.3. The first-order valence-electron chi connectivity index (χ1n) is 8.96. The van der Waals surface area contributed by atoms with Crippen molar-refractivity contribution < 1.29 is 18.7 Å². The zero-order valence-electron chi connectivity index (χ0n) is 15.6. The Labute approximate surface area is 158 Å². The quantitative estimate of drug-likeness (QED) is 0.843. The maximum absolute atomic E-state index is 14.3. The molecular formula is C20H24FN3O3. The largest absolute Gasteiger partial charge is 0.493 e. The molecule has 2 aromatic rings. The second kappa shape index (κ2) is 8.81. The van der Waals surface area contributed by atoms with E-state index in [0.29, 0.717) is 5.75 Å². The molecule has 2 heterocycles. The van der Waals surface area contributed by atoms with Gasteiger partial charge in [-0.15, -0.1) is 0 Å². The van der Waals surface area contributed by atoms with Gasteiger partial charge in [0.2, 0.25) is 0 Å². The van der Waals surface area contributed by atoms with Gasteiger partial charge >= 0.3 is 0 Å². The van der Waals surface area contributed by atoms with E-state index in [1.54, 1.807) is 6.20 Å². The Morgan fingerprint density at radius 1 is 1.22 bits per heavy atom. The highest BCUT2D eigenvalue weighted by atomic mass is 19.1. The Bertz CT molecular complexity index is 778. The molecule has 27 heavy (non-hydrogen) atoms. The molecule has 0 spiro atoms. The third kappa shape index (κ3) is 4.54. The van der Waals surface area contributed by atoms with Gasteiger partial charge in [0.05, 0.1) is 19.9 Å². The number of rotatable bonds is 6. The minimum Gasteiger partial charge on any atom is -0.493 e. The highest BCUT2D eigenvalue weighted by Crippen LogP contribution is 2.33. The van der Waals surface area contributed by atoms with Crippen molar-refractivity contribution in [1.29, 1.82) is 0 Å². The fourth-order valence-corrected chi connectivity index (χ4v) is 3.33. The molecule has 0 unspecified atom stereocenters. The second-order valence-corrected chi connectivity index (χ2v) is 6.50. The first-order chi connectivity index (χ1) is 13.1. The fourth-order valence-electron chi connectivity index (χ4n) is 3.33. The number of nitrogens with one attached hydrogen (secondary N) is 1. The van der Waals surface area contributed by atoms with Crippen LogP contribution in [0, 0.1) is 5.82 Å². The molecule has 7 heteroatoms. The van der Waals surface area contributed by atoms with Crippen LogP contribution in [0.4, 0.5) is 4.39 Å². The maximum Gasteiger partial charge on any atom is 0.258 e. The number of hydrogen-bond acceptors (Lipinski definition) is 5. The monoisotopic (exact) mass is 373 g/mol. The summed E-state index contributed by atoms with van der Waals surface area (Å²) < 4.78 is 24.6. The molecule has 0 radical (unpaired) electrons. The topological polar surface area (TPSA) is 63.7 Å². The summed E-state index contributed by atoms with van der Waals surface area (Å²) in [5, 5.41) is 2.93. The number of methoxy groups -OCH3 is 2. The number of benzene rings is 1. The van der Waals surface area contributed by atoms with E-state index >= 15 is 0 Å². The lowest BCUT2D eigenvalue weighted by atomic mass is 10.0. The van der Waals surface area contributed by atoms with Gasteiger partial charge in [-0.2, -0.15) is 0 Å². The molecule has 1 aromatic heterocycles. The molecule has 0 atom stereocenters. The number of nitrogens with zero attached hydrogens (tertiary/aromatic N) is 2. The van der Waals surface area contributed by atoms with Crippen LogP contribution in [0.25, 0.3) is 0 Å². The van der Waals surface area contributed by atoms with Gasteiger partial charge in [-0.3, -0.25) is 14.7 Å². The van der Waals surface area contributed by atoms with E-state index in [1.165, 1.54) is 26.4 Å². The predicted octanol–water partition coefficient (Wildman–Crippen LogP) is 2.63. The van der Waals surface area contributed by atoms with Crippen molar-refractivity contribution in [1.82, 2.24) is 15.2 Å². The number of amides is 1. The number of hydrogen-bond donors (Lipinski definition) is 1. The molecule has 6 nitrogen and oxygen atoms in total. The van der Waals surface area contributed by atoms with Crippen molar-refractivity contribution in [2.45, 2.75) is 25.4 Å². The third-order valence-corrected chi connectivity index (χ3v) is 4.76. The predicted molar refractivity (Wildman–Crippen MR) is 99.5 cm³/mol. The number of aromatic nitrogens is 1. The van der Waals surface area contributed by atoms with Crippen LogP contribution in [0.5, 0.6) is 11.5 Å². The molecule has 144 valence electrons. The van der Waals surface area contributed by atoms with Crippen molar-refractivity contribution in [3.63, 3.8) is 0 Å². The van der Waals surface area contributed by atoms with Crippen LogP contribution in [0.3, 0.4) is 0 Å². The van der Waals surface area contributed by atoms with Crippen molar-refractivity contribution in [3.05, 3.63) is 53.6 Å². The van der Waals surface area contributed by atoms with Gasteiger partial charge in [0.1, 0.15) is 11.4 Å². The minimum absolute atomic E-state index is 0.00668. The lowest BCUT2D eigenvalue weighted by molar-refractivity contribution is 0.0900. The second-order valence-electron chi connectivity index (χ2n) is 6.50. The summed E-state index contributed by atoms with van der Waals surface area (Å²) in [6.45, 7) is 2.48. The smallest absolute Gasteiger partial charge is 0.258 e. The van der Waals surface area contributed by atoms with Gasteiger partial charge in [-0.25, -0.2) is 4.39 Å². The summed E-state index contributed by atoms with van der Waals surface area (Å²) >= 11 is 0. The molecule has 0 saturated carbocycles. The molecule has 1 aliphatic heterocycles. The van der Waals surface area contributed by atoms with Gasteiger partial charge in [0, 0.05) is 31.9 Å². The standard InChI is InChI=1S/C20H24FN3O3/c1-26-17-7-6-16(21)18(19(17)27-2)20(25)23-14-8-11-24(12-9-14)13-15-5-3-4-10-22-15/h3-7,10,14H,8-9,11-13H2,1-2H3,(H,23,25). The molecule has 1 amide bonds. The Balaban J connectivity index is 1.60. The number of carbonyl (C=O) groups excluding carboxylic acids is 1. The Kier molecular flexibility index (Phi) is 6.24. The van der Waals surface area contributed by atoms with Crippen LogP contribution in [0.2, 0.25) is 0 Å². The van der Waals surface area contributed by atoms with E-state index in [9.17, 15) is 9.18 Å². The SMILES string of the molecule is COc1ccc(F)c(C(=O)NC2CCN(Cc3ccccn3)CC2)c1OC. The van der Waals surface area contributed by atoms with Gasteiger partial charge in [-0.1, -0.05) is 6.07 Å². The number of carbonyl (C=O) groups is 1. The molecule has 1 N–H and O–H groups in total. The van der Waals surface area contributed by atoms with Crippen molar-refractivity contribution in [3.8, 4) is 11.5 Å². The van der Waals surface area contributed by atoms with Crippen molar-refractivity contribution in [2.24, 2.45) is 0 Å². The molecular weight excluding hydrogens is 349 g/mol. The molecule has 1 fully saturated rings. The first-order valence-corrected chi connectivity index (χ1v) is 8.96. The summed E-state index contributed by atoms with van der Waals surface area (Å²) in [6, 6.07) is 8.54. The highest BCUT2D eigenvalue weighted by Gasteiger charge is 2.26. The number of likely N-dealkylation sites (tertiary alicyclic amines) is 1. The zero-order valence-corrected chi connectivity index (χ0v) is 15.6. The number of halogens is 1. The summed E-state index contributed by atoms with van der Waals surface area (Å²) in [4.78, 5) is 19.3. The molecule has 3 rings (SSSR count). The van der Waals surface area contributed by atoms with E-state index in [-0.39, 0.29) is 17.4 Å². The van der Waals surface area contributed by atoms with Crippen LogP contribution in [-0.4, -0.2) is 49.1 Å². The average molecular weight is 373 g/mol. The zero-order chi connectivity index (χ0) is 19.2.